The molecule has 3 atom stereocenters. The first-order chi connectivity index (χ1) is 12.2. The zero-order valence-electron chi connectivity index (χ0n) is 15.0. The first-order valence-electron chi connectivity index (χ1n) is 9.22. The number of imidazole rings is 1. The molecule has 1 aliphatic rings. The monoisotopic (exact) mass is 341 g/mol. The minimum absolute atomic E-state index is 0.0355. The number of ether oxygens (including phenoxy) is 1. The van der Waals surface area contributed by atoms with Crippen LogP contribution in [0.2, 0.25) is 0 Å². The Morgan fingerprint density at radius 1 is 1.36 bits per heavy atom. The Bertz CT molecular complexity index is 683. The van der Waals surface area contributed by atoms with E-state index >= 15 is 0 Å². The van der Waals surface area contributed by atoms with Crippen molar-refractivity contribution in [3.8, 4) is 0 Å². The third kappa shape index (κ3) is 3.93. The standard InChI is InChI=1S/C20H27N3O2/c1-3-16(15-9-6-5-7-10-15)20(24)22-17-11-8-14-25-18(17)19-21-12-13-23(19)4-2/h5-7,9-10,12-13,16-18H,3-4,8,11,14H2,1-2H3,(H,22,24)/t16-,17+,18+/m1/s1. The number of carbonyl (C=O) groups is 1. The highest BCUT2D eigenvalue weighted by Gasteiger charge is 2.33. The fourth-order valence-electron chi connectivity index (χ4n) is 3.57. The van der Waals surface area contributed by atoms with Crippen molar-refractivity contribution < 1.29 is 9.53 Å². The van der Waals surface area contributed by atoms with Gasteiger partial charge in [0.15, 0.2) is 0 Å². The maximum atomic E-state index is 12.9. The lowest BCUT2D eigenvalue weighted by Gasteiger charge is -2.33. The molecular formula is C20H27N3O2. The Morgan fingerprint density at radius 2 is 2.16 bits per heavy atom. The fourth-order valence-corrected chi connectivity index (χ4v) is 3.57. The molecule has 2 heterocycles. The molecule has 5 heteroatoms. The van der Waals surface area contributed by atoms with Crippen molar-refractivity contribution in [2.24, 2.45) is 0 Å². The van der Waals surface area contributed by atoms with Crippen LogP contribution in [0.15, 0.2) is 42.7 Å². The maximum absolute atomic E-state index is 12.9. The molecule has 0 spiro atoms. The lowest BCUT2D eigenvalue weighted by atomic mass is 9.94. The van der Waals surface area contributed by atoms with Crippen molar-refractivity contribution in [3.05, 3.63) is 54.1 Å². The van der Waals surface area contributed by atoms with Crippen LogP contribution in [0.1, 0.15) is 56.5 Å². The van der Waals surface area contributed by atoms with Crippen LogP contribution in [0.4, 0.5) is 0 Å². The lowest BCUT2D eigenvalue weighted by Crippen LogP contribution is -2.45. The van der Waals surface area contributed by atoms with Crippen molar-refractivity contribution in [3.63, 3.8) is 0 Å². The van der Waals surface area contributed by atoms with Gasteiger partial charge in [-0.3, -0.25) is 4.79 Å². The Labute approximate surface area is 149 Å². The third-order valence-corrected chi connectivity index (χ3v) is 4.92. The van der Waals surface area contributed by atoms with Crippen LogP contribution >= 0.6 is 0 Å². The number of amides is 1. The number of hydrogen-bond acceptors (Lipinski definition) is 3. The average molecular weight is 341 g/mol. The molecule has 5 nitrogen and oxygen atoms in total. The number of aryl methyl sites for hydroxylation is 1. The predicted molar refractivity (Wildman–Crippen MR) is 97.2 cm³/mol. The summed E-state index contributed by atoms with van der Waals surface area (Å²) < 4.78 is 8.09. The molecule has 25 heavy (non-hydrogen) atoms. The van der Waals surface area contributed by atoms with Gasteiger partial charge in [0, 0.05) is 25.5 Å². The first kappa shape index (κ1) is 17.7. The molecule has 1 aliphatic heterocycles. The maximum Gasteiger partial charge on any atom is 0.227 e. The van der Waals surface area contributed by atoms with Crippen LogP contribution in [0, 0.1) is 0 Å². The molecule has 1 aromatic heterocycles. The SMILES string of the molecule is CC[C@@H](C(=O)N[C@H]1CCCO[C@@H]1c1nccn1CC)c1ccccc1. The zero-order chi connectivity index (χ0) is 17.6. The molecule has 1 aromatic carbocycles. The van der Waals surface area contributed by atoms with Crippen molar-refractivity contribution in [1.82, 2.24) is 14.9 Å². The minimum Gasteiger partial charge on any atom is -0.368 e. The molecule has 134 valence electrons. The van der Waals surface area contributed by atoms with Gasteiger partial charge in [-0.25, -0.2) is 4.98 Å². The summed E-state index contributed by atoms with van der Waals surface area (Å²) >= 11 is 0. The van der Waals surface area contributed by atoms with E-state index in [2.05, 4.69) is 28.7 Å². The molecule has 0 radical (unpaired) electrons. The van der Waals surface area contributed by atoms with Crippen LogP contribution in [0.5, 0.6) is 0 Å². The lowest BCUT2D eigenvalue weighted by molar-refractivity contribution is -0.125. The van der Waals surface area contributed by atoms with Gasteiger partial charge in [0.25, 0.3) is 0 Å². The summed E-state index contributed by atoms with van der Waals surface area (Å²) in [5, 5.41) is 3.24. The first-order valence-corrected chi connectivity index (χ1v) is 9.22. The van der Waals surface area contributed by atoms with Crippen LogP contribution in [0.25, 0.3) is 0 Å². The highest BCUT2D eigenvalue weighted by molar-refractivity contribution is 5.83. The van der Waals surface area contributed by atoms with Gasteiger partial charge in [0.05, 0.1) is 12.0 Å². The molecule has 1 N–H and O–H groups in total. The van der Waals surface area contributed by atoms with Crippen LogP contribution in [0.3, 0.4) is 0 Å². The summed E-state index contributed by atoms with van der Waals surface area (Å²) in [5.41, 5.74) is 1.06. The predicted octanol–water partition coefficient (Wildman–Crippen LogP) is 3.43. The van der Waals surface area contributed by atoms with Gasteiger partial charge in [-0.1, -0.05) is 37.3 Å². The molecule has 0 unspecified atom stereocenters. The largest absolute Gasteiger partial charge is 0.368 e. The van der Waals surface area contributed by atoms with Gasteiger partial charge >= 0.3 is 0 Å². The van der Waals surface area contributed by atoms with E-state index in [1.165, 1.54) is 0 Å². The normalized spacial score (nSPS) is 21.7. The van der Waals surface area contributed by atoms with Crippen molar-refractivity contribution >= 4 is 5.91 Å². The summed E-state index contributed by atoms with van der Waals surface area (Å²) in [7, 11) is 0. The second-order valence-corrected chi connectivity index (χ2v) is 6.49. The Morgan fingerprint density at radius 3 is 2.88 bits per heavy atom. The van der Waals surface area contributed by atoms with E-state index in [0.29, 0.717) is 6.61 Å². The van der Waals surface area contributed by atoms with Crippen LogP contribution in [-0.4, -0.2) is 28.1 Å². The molecule has 0 aliphatic carbocycles. The number of nitrogens with zero attached hydrogens (tertiary/aromatic N) is 2. The van der Waals surface area contributed by atoms with E-state index in [0.717, 1.165) is 37.2 Å². The number of nitrogens with one attached hydrogen (secondary N) is 1. The zero-order valence-corrected chi connectivity index (χ0v) is 15.0. The molecule has 2 aromatic rings. The van der Waals surface area contributed by atoms with E-state index in [9.17, 15) is 4.79 Å². The van der Waals surface area contributed by atoms with Gasteiger partial charge in [0.1, 0.15) is 11.9 Å². The van der Waals surface area contributed by atoms with Gasteiger partial charge in [0.2, 0.25) is 5.91 Å². The molecule has 1 fully saturated rings. The summed E-state index contributed by atoms with van der Waals surface area (Å²) in [5.74, 6) is 0.846. The number of rotatable bonds is 6. The van der Waals surface area contributed by atoms with E-state index < -0.39 is 0 Å². The number of benzene rings is 1. The van der Waals surface area contributed by atoms with E-state index in [-0.39, 0.29) is 24.0 Å². The molecular weight excluding hydrogens is 314 g/mol. The third-order valence-electron chi connectivity index (χ3n) is 4.92. The molecule has 1 amide bonds. The summed E-state index contributed by atoms with van der Waals surface area (Å²) in [6, 6.07) is 9.94. The van der Waals surface area contributed by atoms with Crippen molar-refractivity contribution in [2.45, 2.75) is 57.7 Å². The van der Waals surface area contributed by atoms with E-state index in [1.807, 2.05) is 36.5 Å². The van der Waals surface area contributed by atoms with Crippen molar-refractivity contribution in [2.75, 3.05) is 6.61 Å². The second-order valence-electron chi connectivity index (χ2n) is 6.49. The number of aromatic nitrogens is 2. The Kier molecular flexibility index (Phi) is 5.87. The number of carbonyl (C=O) groups excluding carboxylic acids is 1. The smallest absolute Gasteiger partial charge is 0.227 e. The van der Waals surface area contributed by atoms with Crippen molar-refractivity contribution in [1.29, 1.82) is 0 Å². The fraction of sp³-hybridized carbons (Fsp3) is 0.500. The molecule has 0 bridgehead atoms. The quantitative estimate of drug-likeness (QED) is 0.876. The van der Waals surface area contributed by atoms with Crippen LogP contribution in [-0.2, 0) is 16.1 Å². The van der Waals surface area contributed by atoms with Gasteiger partial charge < -0.3 is 14.6 Å². The summed E-state index contributed by atoms with van der Waals surface area (Å²) in [6.07, 6.45) is 6.23. The van der Waals surface area contributed by atoms with Gasteiger partial charge in [-0.15, -0.1) is 0 Å². The minimum atomic E-state index is -0.180. The summed E-state index contributed by atoms with van der Waals surface area (Å²) in [6.45, 7) is 5.70. The average Bonchev–Trinajstić information content (AvgIpc) is 3.12. The molecule has 1 saturated heterocycles. The highest BCUT2D eigenvalue weighted by Crippen LogP contribution is 2.29. The number of hydrogen-bond donors (Lipinski definition) is 1. The topological polar surface area (TPSA) is 56.1 Å². The molecule has 0 saturated carbocycles. The molecule has 3 rings (SSSR count). The Balaban J connectivity index is 1.76. The van der Waals surface area contributed by atoms with Gasteiger partial charge in [-0.2, -0.15) is 0 Å². The Hall–Kier alpha value is -2.14. The second kappa shape index (κ2) is 8.30. The van der Waals surface area contributed by atoms with Crippen LogP contribution < -0.4 is 5.32 Å². The van der Waals surface area contributed by atoms with E-state index in [1.54, 1.807) is 6.20 Å². The van der Waals surface area contributed by atoms with E-state index in [4.69, 9.17) is 4.74 Å². The van der Waals surface area contributed by atoms with Gasteiger partial charge in [-0.05, 0) is 31.7 Å². The highest BCUT2D eigenvalue weighted by atomic mass is 16.5. The summed E-state index contributed by atoms with van der Waals surface area (Å²) in [4.78, 5) is 17.4.